The zero-order chi connectivity index (χ0) is 15.8. The highest BCUT2D eigenvalue weighted by Crippen LogP contribution is 2.51. The average Bonchev–Trinajstić information content (AvgIpc) is 2.93. The van der Waals surface area contributed by atoms with Crippen molar-refractivity contribution >= 4 is 5.97 Å². The molecule has 2 heterocycles. The first-order chi connectivity index (χ1) is 11.2. The number of allylic oxidation sites excluding steroid dienone is 1. The number of hydrogen-bond acceptors (Lipinski definition) is 3. The maximum Gasteiger partial charge on any atom is 0.309 e. The van der Waals surface area contributed by atoms with Gasteiger partial charge in [0.15, 0.2) is 0 Å². The molecule has 0 aromatic carbocycles. The summed E-state index contributed by atoms with van der Waals surface area (Å²) >= 11 is 0. The molecular formula is C20H31NO2. The lowest BCUT2D eigenvalue weighted by molar-refractivity contribution is -0.142. The predicted octanol–water partition coefficient (Wildman–Crippen LogP) is 3.69. The first kappa shape index (κ1) is 15.7. The molecule has 4 rings (SSSR count). The first-order valence-electron chi connectivity index (χ1n) is 9.83. The zero-order valence-corrected chi connectivity index (χ0v) is 14.4. The van der Waals surface area contributed by atoms with E-state index >= 15 is 0 Å². The highest BCUT2D eigenvalue weighted by atomic mass is 16.5. The number of hydrogen-bond donors (Lipinski definition) is 1. The molecule has 0 bridgehead atoms. The van der Waals surface area contributed by atoms with E-state index in [1.165, 1.54) is 44.9 Å². The van der Waals surface area contributed by atoms with Crippen molar-refractivity contribution in [3.63, 3.8) is 0 Å². The van der Waals surface area contributed by atoms with Gasteiger partial charge in [0.2, 0.25) is 0 Å². The summed E-state index contributed by atoms with van der Waals surface area (Å²) in [5, 5.41) is 3.71. The average molecular weight is 317 g/mol. The Labute approximate surface area is 140 Å². The molecule has 4 aliphatic rings. The molecule has 0 amide bonds. The highest BCUT2D eigenvalue weighted by Gasteiger charge is 2.50. The fraction of sp³-hybridized carbons (Fsp3) is 0.850. The van der Waals surface area contributed by atoms with Gasteiger partial charge in [-0.3, -0.25) is 4.79 Å². The number of fused-ring (bicyclic) bond motifs is 2. The lowest BCUT2D eigenvalue weighted by Crippen LogP contribution is -2.42. The Morgan fingerprint density at radius 1 is 1.04 bits per heavy atom. The normalized spacial score (nSPS) is 47.2. The number of ether oxygens (including phenoxy) is 1. The number of nitrogens with one attached hydrogen (secondary N) is 1. The van der Waals surface area contributed by atoms with Crippen molar-refractivity contribution in [1.29, 1.82) is 0 Å². The number of cyclic esters (lactones) is 1. The van der Waals surface area contributed by atoms with E-state index in [-0.39, 0.29) is 11.9 Å². The second-order valence-corrected chi connectivity index (χ2v) is 8.41. The van der Waals surface area contributed by atoms with E-state index in [9.17, 15) is 4.79 Å². The van der Waals surface area contributed by atoms with Crippen molar-refractivity contribution in [3.05, 3.63) is 12.2 Å². The minimum Gasteiger partial charge on any atom is -0.465 e. The molecule has 4 fully saturated rings. The van der Waals surface area contributed by atoms with E-state index in [4.69, 9.17) is 4.74 Å². The van der Waals surface area contributed by atoms with Crippen molar-refractivity contribution in [2.45, 2.75) is 70.4 Å². The van der Waals surface area contributed by atoms with Gasteiger partial charge in [0.25, 0.3) is 0 Å². The Bertz CT molecular complexity index is 474. The van der Waals surface area contributed by atoms with Gasteiger partial charge in [0.1, 0.15) is 0 Å². The second-order valence-electron chi connectivity index (χ2n) is 8.41. The first-order valence-corrected chi connectivity index (χ1v) is 9.83. The van der Waals surface area contributed by atoms with Gasteiger partial charge in [-0.25, -0.2) is 0 Å². The smallest absolute Gasteiger partial charge is 0.309 e. The van der Waals surface area contributed by atoms with Crippen LogP contribution in [-0.2, 0) is 9.53 Å². The number of piperidine rings is 1. The SMILES string of the molecule is C[C@H]1CCC[C@H](/C=C/[C@@H]2[C@H]3COC(=O)[C@H]3C[C@H]3CCCC[C@@H]32)N1. The molecule has 3 heteroatoms. The zero-order valence-electron chi connectivity index (χ0n) is 14.4. The molecule has 2 saturated carbocycles. The topological polar surface area (TPSA) is 38.3 Å². The Morgan fingerprint density at radius 2 is 1.91 bits per heavy atom. The van der Waals surface area contributed by atoms with Crippen molar-refractivity contribution in [2.24, 2.45) is 29.6 Å². The largest absolute Gasteiger partial charge is 0.465 e. The molecule has 1 N–H and O–H groups in total. The van der Waals surface area contributed by atoms with Crippen LogP contribution in [0.4, 0.5) is 0 Å². The van der Waals surface area contributed by atoms with Crippen LogP contribution in [-0.4, -0.2) is 24.7 Å². The standard InChI is InChI=1S/C20H31NO2/c1-13-5-4-7-15(21-13)9-10-17-16-8-3-2-6-14(16)11-18-19(17)12-23-20(18)22/h9-10,13-19,21H,2-8,11-12H2,1H3/b10-9+/t13-,14+,15+,16-,17-,18-,19+/m0/s1. The van der Waals surface area contributed by atoms with Crippen LogP contribution in [0.5, 0.6) is 0 Å². The van der Waals surface area contributed by atoms with Gasteiger partial charge in [-0.1, -0.05) is 37.8 Å². The van der Waals surface area contributed by atoms with Crippen LogP contribution in [0.2, 0.25) is 0 Å². The predicted molar refractivity (Wildman–Crippen MR) is 90.9 cm³/mol. The Kier molecular flexibility index (Phi) is 4.49. The third kappa shape index (κ3) is 3.09. The van der Waals surface area contributed by atoms with Crippen molar-refractivity contribution < 1.29 is 9.53 Å². The third-order valence-electron chi connectivity index (χ3n) is 6.97. The molecule has 0 aromatic rings. The molecule has 2 aliphatic carbocycles. The Hall–Kier alpha value is -0.830. The summed E-state index contributed by atoms with van der Waals surface area (Å²) < 4.78 is 5.46. The molecule has 0 radical (unpaired) electrons. The number of carbonyl (C=O) groups excluding carboxylic acids is 1. The summed E-state index contributed by atoms with van der Waals surface area (Å²) in [7, 11) is 0. The van der Waals surface area contributed by atoms with Crippen LogP contribution < -0.4 is 5.32 Å². The quantitative estimate of drug-likeness (QED) is 0.623. The van der Waals surface area contributed by atoms with Crippen molar-refractivity contribution in [1.82, 2.24) is 5.32 Å². The van der Waals surface area contributed by atoms with Crippen LogP contribution in [0.25, 0.3) is 0 Å². The molecule has 2 aliphatic heterocycles. The molecule has 0 aromatic heterocycles. The maximum absolute atomic E-state index is 12.1. The van der Waals surface area contributed by atoms with Gasteiger partial charge in [-0.05, 0) is 50.4 Å². The molecule has 128 valence electrons. The summed E-state index contributed by atoms with van der Waals surface area (Å²) in [6.07, 6.45) is 15.3. The minimum atomic E-state index is 0.0850. The summed E-state index contributed by atoms with van der Waals surface area (Å²) in [4.78, 5) is 12.1. The van der Waals surface area contributed by atoms with Crippen LogP contribution >= 0.6 is 0 Å². The fourth-order valence-electron chi connectivity index (χ4n) is 5.78. The van der Waals surface area contributed by atoms with Gasteiger partial charge in [-0.15, -0.1) is 0 Å². The van der Waals surface area contributed by atoms with Crippen LogP contribution in [0.1, 0.15) is 58.3 Å². The molecule has 0 unspecified atom stereocenters. The molecule has 3 nitrogen and oxygen atoms in total. The van der Waals surface area contributed by atoms with Crippen molar-refractivity contribution in [3.8, 4) is 0 Å². The van der Waals surface area contributed by atoms with Crippen LogP contribution in [0.15, 0.2) is 12.2 Å². The van der Waals surface area contributed by atoms with Gasteiger partial charge >= 0.3 is 5.97 Å². The fourth-order valence-corrected chi connectivity index (χ4v) is 5.78. The molecular weight excluding hydrogens is 286 g/mol. The summed E-state index contributed by atoms with van der Waals surface area (Å²) in [6.45, 7) is 2.95. The van der Waals surface area contributed by atoms with E-state index < -0.39 is 0 Å². The lowest BCUT2D eigenvalue weighted by Gasteiger charge is -2.45. The van der Waals surface area contributed by atoms with E-state index in [0.29, 0.717) is 30.5 Å². The van der Waals surface area contributed by atoms with Crippen molar-refractivity contribution in [2.75, 3.05) is 6.61 Å². The van der Waals surface area contributed by atoms with Gasteiger partial charge in [-0.2, -0.15) is 0 Å². The number of rotatable bonds is 2. The van der Waals surface area contributed by atoms with Gasteiger partial charge in [0, 0.05) is 18.0 Å². The number of carbonyl (C=O) groups is 1. The summed E-state index contributed by atoms with van der Waals surface area (Å²) in [6, 6.07) is 1.16. The summed E-state index contributed by atoms with van der Waals surface area (Å²) in [5.74, 6) is 2.81. The highest BCUT2D eigenvalue weighted by molar-refractivity contribution is 5.75. The molecule has 0 spiro atoms. The van der Waals surface area contributed by atoms with Gasteiger partial charge in [0.05, 0.1) is 12.5 Å². The Morgan fingerprint density at radius 3 is 2.78 bits per heavy atom. The van der Waals surface area contributed by atoms with E-state index in [0.717, 1.165) is 18.3 Å². The van der Waals surface area contributed by atoms with E-state index in [1.807, 2.05) is 0 Å². The number of esters is 1. The van der Waals surface area contributed by atoms with Gasteiger partial charge < -0.3 is 10.1 Å². The van der Waals surface area contributed by atoms with E-state index in [1.54, 1.807) is 0 Å². The third-order valence-corrected chi connectivity index (χ3v) is 6.97. The monoisotopic (exact) mass is 317 g/mol. The second kappa shape index (κ2) is 6.58. The summed E-state index contributed by atoms with van der Waals surface area (Å²) in [5.41, 5.74) is 0. The lowest BCUT2D eigenvalue weighted by atomic mass is 9.58. The Balaban J connectivity index is 1.52. The minimum absolute atomic E-state index is 0.0850. The van der Waals surface area contributed by atoms with E-state index in [2.05, 4.69) is 24.4 Å². The maximum atomic E-state index is 12.1. The van der Waals surface area contributed by atoms with Crippen LogP contribution in [0.3, 0.4) is 0 Å². The molecule has 7 atom stereocenters. The molecule has 2 saturated heterocycles. The van der Waals surface area contributed by atoms with Crippen LogP contribution in [0, 0.1) is 29.6 Å². The molecule has 23 heavy (non-hydrogen) atoms.